The summed E-state index contributed by atoms with van der Waals surface area (Å²) in [4.78, 5) is 4.12. The number of hydroxylamine groups is 1. The zero-order chi connectivity index (χ0) is 19.9. The molecule has 1 heterocycles. The van der Waals surface area contributed by atoms with E-state index in [1.165, 1.54) is 24.5 Å². The molecule has 2 rings (SSSR count). The fourth-order valence-corrected chi connectivity index (χ4v) is 2.83. The summed E-state index contributed by atoms with van der Waals surface area (Å²) in [6, 6.07) is 4.01. The Morgan fingerprint density at radius 3 is 2.96 bits per heavy atom. The van der Waals surface area contributed by atoms with E-state index in [-0.39, 0.29) is 34.9 Å². The number of benzene rings is 1. The van der Waals surface area contributed by atoms with Crippen LogP contribution in [0.15, 0.2) is 36.7 Å². The van der Waals surface area contributed by atoms with Crippen LogP contribution >= 0.6 is 15.9 Å². The molecule has 0 aliphatic heterocycles. The Bertz CT molecular complexity index is 996. The summed E-state index contributed by atoms with van der Waals surface area (Å²) < 4.78 is 35.8. The molecule has 1 aromatic heterocycles. The molecule has 27 heavy (non-hydrogen) atoms. The van der Waals surface area contributed by atoms with Crippen LogP contribution in [0.2, 0.25) is 0 Å². The molecule has 11 nitrogen and oxygen atoms in total. The van der Waals surface area contributed by atoms with E-state index in [4.69, 9.17) is 5.26 Å². The number of aliphatic imine (C=N–C) groups is 1. The molecule has 0 aliphatic rings. The van der Waals surface area contributed by atoms with Gasteiger partial charge in [0.2, 0.25) is 5.82 Å². The van der Waals surface area contributed by atoms with Crippen LogP contribution in [0.1, 0.15) is 5.69 Å². The average Bonchev–Trinajstić information content (AvgIpc) is 3.08. The fourth-order valence-electron chi connectivity index (χ4n) is 1.79. The molecule has 0 amide bonds. The standard InChI is InChI=1S/C13H14BrFN8O3S/c1-27(25,19-7-16)18-5-4-17-12-11(22-26-23-12)13(21-24)20-8-2-3-10(15)9(14)6-8/h2-3,6,24H,4-5H2,1H3,(H,17,23)(H,20,21)(H,18,19,25). The second-order valence-electron chi connectivity index (χ2n) is 4.93. The van der Waals surface area contributed by atoms with Gasteiger partial charge in [-0.2, -0.15) is 5.26 Å². The second-order valence-corrected chi connectivity index (χ2v) is 7.85. The summed E-state index contributed by atoms with van der Waals surface area (Å²) in [6.45, 7) is 0.292. The summed E-state index contributed by atoms with van der Waals surface area (Å²) in [5, 5.41) is 27.9. The number of nitriles is 1. The SMILES string of the molecule is CS(=O)(=NCCNc1nonc1C(=Nc1ccc(F)c(Br)c1)NO)NC#N. The number of rotatable bonds is 7. The summed E-state index contributed by atoms with van der Waals surface area (Å²) in [7, 11) is -2.80. The molecule has 1 atom stereocenters. The minimum absolute atomic E-state index is 0.0605. The van der Waals surface area contributed by atoms with Crippen LogP contribution in [0, 0.1) is 17.3 Å². The third-order valence-corrected chi connectivity index (χ3v) is 4.69. The quantitative estimate of drug-likeness (QED) is 0.121. The lowest BCUT2D eigenvalue weighted by molar-refractivity contribution is 0.234. The van der Waals surface area contributed by atoms with Crippen molar-refractivity contribution < 1.29 is 18.4 Å². The molecule has 1 aromatic carbocycles. The molecule has 144 valence electrons. The number of anilines is 1. The van der Waals surface area contributed by atoms with Gasteiger partial charge in [0, 0.05) is 12.8 Å². The minimum Gasteiger partial charge on any atom is -0.363 e. The first-order chi connectivity index (χ1) is 12.9. The minimum atomic E-state index is -2.80. The third kappa shape index (κ3) is 5.88. The smallest absolute Gasteiger partial charge is 0.202 e. The number of halogens is 2. The molecule has 0 radical (unpaired) electrons. The van der Waals surface area contributed by atoms with Gasteiger partial charge in [0.1, 0.15) is 15.7 Å². The Labute approximate surface area is 162 Å². The van der Waals surface area contributed by atoms with E-state index in [1.807, 2.05) is 5.48 Å². The largest absolute Gasteiger partial charge is 0.363 e. The number of aromatic nitrogens is 2. The van der Waals surface area contributed by atoms with Crippen molar-refractivity contribution in [3.8, 4) is 6.19 Å². The van der Waals surface area contributed by atoms with E-state index < -0.39 is 15.7 Å². The molecule has 1 unspecified atom stereocenters. The number of nitrogens with one attached hydrogen (secondary N) is 3. The predicted octanol–water partition coefficient (Wildman–Crippen LogP) is 1.52. The Hall–Kier alpha value is -2.76. The van der Waals surface area contributed by atoms with Gasteiger partial charge in [0.25, 0.3) is 0 Å². The third-order valence-electron chi connectivity index (χ3n) is 2.94. The van der Waals surface area contributed by atoms with Gasteiger partial charge in [0.15, 0.2) is 17.7 Å². The number of hydrogen-bond acceptors (Lipinski definition) is 9. The second kappa shape index (κ2) is 9.26. The zero-order valence-corrected chi connectivity index (χ0v) is 16.2. The number of amidine groups is 1. The summed E-state index contributed by atoms with van der Waals surface area (Å²) in [5.74, 6) is -0.415. The molecule has 14 heteroatoms. The highest BCUT2D eigenvalue weighted by Gasteiger charge is 2.16. The number of hydrogen-bond donors (Lipinski definition) is 4. The van der Waals surface area contributed by atoms with Gasteiger partial charge in [-0.25, -0.2) is 27.3 Å². The molecular formula is C13H14BrFN8O3S. The predicted molar refractivity (Wildman–Crippen MR) is 98.1 cm³/mol. The van der Waals surface area contributed by atoms with Crippen molar-refractivity contribution >= 4 is 43.2 Å². The lowest BCUT2D eigenvalue weighted by atomic mass is 10.3. The van der Waals surface area contributed by atoms with E-state index in [0.29, 0.717) is 5.69 Å². The van der Waals surface area contributed by atoms with Crippen molar-refractivity contribution in [3.05, 3.63) is 34.2 Å². The molecule has 0 bridgehead atoms. The van der Waals surface area contributed by atoms with Crippen LogP contribution in [-0.4, -0.2) is 44.9 Å². The molecule has 0 saturated heterocycles. The highest BCUT2D eigenvalue weighted by atomic mass is 79.9. The van der Waals surface area contributed by atoms with Crippen molar-refractivity contribution in [1.82, 2.24) is 20.5 Å². The first-order valence-electron chi connectivity index (χ1n) is 7.20. The van der Waals surface area contributed by atoms with Crippen LogP contribution < -0.4 is 15.5 Å². The summed E-state index contributed by atoms with van der Waals surface area (Å²) in [6.07, 6.45) is 2.86. The van der Waals surface area contributed by atoms with Crippen molar-refractivity contribution in [1.29, 1.82) is 5.26 Å². The number of nitrogens with zero attached hydrogens (tertiary/aromatic N) is 5. The summed E-state index contributed by atoms with van der Waals surface area (Å²) >= 11 is 3.05. The molecule has 4 N–H and O–H groups in total. The van der Waals surface area contributed by atoms with E-state index in [9.17, 15) is 13.8 Å². The molecule has 0 saturated carbocycles. The lowest BCUT2D eigenvalue weighted by Crippen LogP contribution is -2.22. The van der Waals surface area contributed by atoms with Gasteiger partial charge >= 0.3 is 0 Å². The Balaban J connectivity index is 2.14. The fraction of sp³-hybridized carbons (Fsp3) is 0.231. The van der Waals surface area contributed by atoms with Crippen LogP contribution in [0.25, 0.3) is 0 Å². The molecule has 2 aromatic rings. The molecule has 0 aliphatic carbocycles. The topological polar surface area (TPSA) is 161 Å². The van der Waals surface area contributed by atoms with E-state index in [2.05, 4.69) is 50.3 Å². The Kier molecular flexibility index (Phi) is 7.05. The van der Waals surface area contributed by atoms with Crippen molar-refractivity contribution in [3.63, 3.8) is 0 Å². The van der Waals surface area contributed by atoms with E-state index in [0.717, 1.165) is 0 Å². The monoisotopic (exact) mass is 460 g/mol. The van der Waals surface area contributed by atoms with E-state index in [1.54, 1.807) is 6.19 Å². The van der Waals surface area contributed by atoms with Gasteiger partial charge in [-0.15, -0.1) is 0 Å². The maximum absolute atomic E-state index is 13.3. The Morgan fingerprint density at radius 1 is 1.52 bits per heavy atom. The van der Waals surface area contributed by atoms with Crippen LogP contribution in [-0.2, 0) is 9.92 Å². The lowest BCUT2D eigenvalue weighted by Gasteiger charge is -2.05. The molecule has 0 fully saturated rings. The normalized spacial score (nSPS) is 13.4. The van der Waals surface area contributed by atoms with Gasteiger partial charge in [-0.3, -0.25) is 10.7 Å². The van der Waals surface area contributed by atoms with Crippen molar-refractivity contribution in [2.45, 2.75) is 0 Å². The molecule has 0 spiro atoms. The van der Waals surface area contributed by atoms with Crippen LogP contribution in [0.3, 0.4) is 0 Å². The van der Waals surface area contributed by atoms with Crippen molar-refractivity contribution in [2.24, 2.45) is 9.36 Å². The maximum atomic E-state index is 13.3. The van der Waals surface area contributed by atoms with Gasteiger partial charge in [0.05, 0.1) is 16.7 Å². The van der Waals surface area contributed by atoms with E-state index >= 15 is 0 Å². The highest BCUT2D eigenvalue weighted by molar-refractivity contribution is 9.10. The Morgan fingerprint density at radius 2 is 2.30 bits per heavy atom. The average molecular weight is 461 g/mol. The van der Waals surface area contributed by atoms with Crippen molar-refractivity contribution in [2.75, 3.05) is 24.7 Å². The van der Waals surface area contributed by atoms with Gasteiger partial charge in [-0.1, -0.05) is 0 Å². The first kappa shape index (κ1) is 20.6. The maximum Gasteiger partial charge on any atom is 0.202 e. The van der Waals surface area contributed by atoms with Gasteiger partial charge in [-0.05, 0) is 44.4 Å². The first-order valence-corrected chi connectivity index (χ1v) is 9.92. The summed E-state index contributed by atoms with van der Waals surface area (Å²) in [5.41, 5.74) is 2.27. The van der Waals surface area contributed by atoms with Crippen LogP contribution in [0.5, 0.6) is 0 Å². The molecular weight excluding hydrogens is 447 g/mol. The highest BCUT2D eigenvalue weighted by Crippen LogP contribution is 2.23. The van der Waals surface area contributed by atoms with Gasteiger partial charge < -0.3 is 5.32 Å². The van der Waals surface area contributed by atoms with Crippen LogP contribution in [0.4, 0.5) is 15.9 Å². The zero-order valence-electron chi connectivity index (χ0n) is 13.8.